The molecule has 0 aromatic heterocycles. The first-order chi connectivity index (χ1) is 9.61. The summed E-state index contributed by atoms with van der Waals surface area (Å²) in [5.74, 6) is -0.498. The molecule has 5 heteroatoms. The molecular formula is C15H21ClN2O2. The Morgan fingerprint density at radius 1 is 1.05 bits per heavy atom. The highest BCUT2D eigenvalue weighted by molar-refractivity contribution is 6.30. The van der Waals surface area contributed by atoms with Crippen LogP contribution >= 0.6 is 11.6 Å². The molecule has 0 atom stereocenters. The normalized spacial score (nSPS) is 10.1. The number of amides is 2. The van der Waals surface area contributed by atoms with Gasteiger partial charge in [-0.25, -0.2) is 0 Å². The first-order valence-corrected chi connectivity index (χ1v) is 7.27. The number of unbranched alkanes of at least 4 members (excludes halogenated alkanes) is 2. The third kappa shape index (κ3) is 7.14. The molecule has 110 valence electrons. The quantitative estimate of drug-likeness (QED) is 0.572. The van der Waals surface area contributed by atoms with Gasteiger partial charge in [0.25, 0.3) is 0 Å². The maximum Gasteiger partial charge on any atom is 0.229 e. The van der Waals surface area contributed by atoms with Crippen molar-refractivity contribution in [2.75, 3.05) is 6.54 Å². The van der Waals surface area contributed by atoms with Crippen molar-refractivity contribution in [3.05, 3.63) is 34.9 Å². The van der Waals surface area contributed by atoms with Gasteiger partial charge in [-0.1, -0.05) is 43.5 Å². The lowest BCUT2D eigenvalue weighted by molar-refractivity contribution is -0.129. The van der Waals surface area contributed by atoms with E-state index >= 15 is 0 Å². The summed E-state index contributed by atoms with van der Waals surface area (Å²) in [5.41, 5.74) is 0.950. The predicted molar refractivity (Wildman–Crippen MR) is 80.5 cm³/mol. The Bertz CT molecular complexity index is 432. The number of benzene rings is 1. The van der Waals surface area contributed by atoms with E-state index in [1.165, 1.54) is 0 Å². The zero-order valence-corrected chi connectivity index (χ0v) is 12.5. The van der Waals surface area contributed by atoms with Crippen molar-refractivity contribution in [1.82, 2.24) is 10.6 Å². The van der Waals surface area contributed by atoms with E-state index < -0.39 is 0 Å². The lowest BCUT2D eigenvalue weighted by Gasteiger charge is -2.06. The number of hydrogen-bond donors (Lipinski definition) is 2. The van der Waals surface area contributed by atoms with Crippen molar-refractivity contribution < 1.29 is 9.59 Å². The minimum absolute atomic E-state index is 0.125. The fraction of sp³-hybridized carbons (Fsp3) is 0.467. The third-order valence-corrected chi connectivity index (χ3v) is 3.08. The number of nitrogens with one attached hydrogen (secondary N) is 2. The van der Waals surface area contributed by atoms with E-state index in [-0.39, 0.29) is 18.2 Å². The minimum Gasteiger partial charge on any atom is -0.356 e. The van der Waals surface area contributed by atoms with Gasteiger partial charge in [-0.3, -0.25) is 9.59 Å². The summed E-state index contributed by atoms with van der Waals surface area (Å²) >= 11 is 5.77. The Kier molecular flexibility index (Phi) is 7.73. The average molecular weight is 297 g/mol. The fourth-order valence-corrected chi connectivity index (χ4v) is 1.80. The SMILES string of the molecule is CCCCCNC(=O)CC(=O)NCc1ccc(Cl)cc1. The van der Waals surface area contributed by atoms with Crippen molar-refractivity contribution in [3.8, 4) is 0 Å². The van der Waals surface area contributed by atoms with Crippen molar-refractivity contribution in [2.24, 2.45) is 0 Å². The van der Waals surface area contributed by atoms with Crippen molar-refractivity contribution in [2.45, 2.75) is 39.2 Å². The Hall–Kier alpha value is -1.55. The Balaban J connectivity index is 2.19. The highest BCUT2D eigenvalue weighted by Crippen LogP contribution is 2.09. The lowest BCUT2D eigenvalue weighted by atomic mass is 10.2. The fourth-order valence-electron chi connectivity index (χ4n) is 1.68. The molecule has 0 spiro atoms. The second-order valence-corrected chi connectivity index (χ2v) is 5.07. The van der Waals surface area contributed by atoms with Gasteiger partial charge in [-0.05, 0) is 24.1 Å². The van der Waals surface area contributed by atoms with Gasteiger partial charge in [0.05, 0.1) is 0 Å². The smallest absolute Gasteiger partial charge is 0.229 e. The summed E-state index contributed by atoms with van der Waals surface area (Å²) in [4.78, 5) is 23.1. The third-order valence-electron chi connectivity index (χ3n) is 2.83. The van der Waals surface area contributed by atoms with Crippen LogP contribution in [0, 0.1) is 0 Å². The van der Waals surface area contributed by atoms with E-state index in [4.69, 9.17) is 11.6 Å². The van der Waals surface area contributed by atoms with Crippen LogP contribution < -0.4 is 10.6 Å². The Morgan fingerprint density at radius 2 is 1.70 bits per heavy atom. The average Bonchev–Trinajstić information content (AvgIpc) is 2.43. The molecule has 1 rings (SSSR count). The standard InChI is InChI=1S/C15H21ClN2O2/c1-2-3-4-9-17-14(19)10-15(20)18-11-12-5-7-13(16)8-6-12/h5-8H,2-4,9-11H2,1H3,(H,17,19)(H,18,20). The van der Waals surface area contributed by atoms with E-state index in [9.17, 15) is 9.59 Å². The molecular weight excluding hydrogens is 276 g/mol. The maximum absolute atomic E-state index is 11.6. The first kappa shape index (κ1) is 16.5. The highest BCUT2D eigenvalue weighted by Gasteiger charge is 2.08. The van der Waals surface area contributed by atoms with Gasteiger partial charge in [0.1, 0.15) is 6.42 Å². The summed E-state index contributed by atoms with van der Waals surface area (Å²) in [6, 6.07) is 7.22. The van der Waals surface area contributed by atoms with Crippen LogP contribution in [0.2, 0.25) is 5.02 Å². The Morgan fingerprint density at radius 3 is 2.35 bits per heavy atom. The Labute approximate surface area is 124 Å². The number of halogens is 1. The summed E-state index contributed by atoms with van der Waals surface area (Å²) in [6.07, 6.45) is 3.02. The predicted octanol–water partition coefficient (Wildman–Crippen LogP) is 2.65. The summed E-state index contributed by atoms with van der Waals surface area (Å²) < 4.78 is 0. The van der Waals surface area contributed by atoms with Crippen LogP contribution in [-0.2, 0) is 16.1 Å². The van der Waals surface area contributed by atoms with E-state index in [2.05, 4.69) is 17.6 Å². The lowest BCUT2D eigenvalue weighted by Crippen LogP contribution is -2.32. The molecule has 4 nitrogen and oxygen atoms in total. The van der Waals surface area contributed by atoms with Crippen LogP contribution in [0.25, 0.3) is 0 Å². The van der Waals surface area contributed by atoms with Gasteiger partial charge in [-0.15, -0.1) is 0 Å². The largest absolute Gasteiger partial charge is 0.356 e. The van der Waals surface area contributed by atoms with Gasteiger partial charge >= 0.3 is 0 Å². The molecule has 1 aromatic carbocycles. The molecule has 0 heterocycles. The van der Waals surface area contributed by atoms with E-state index in [1.54, 1.807) is 12.1 Å². The molecule has 0 aliphatic heterocycles. The first-order valence-electron chi connectivity index (χ1n) is 6.89. The van der Waals surface area contributed by atoms with Gasteiger partial charge in [0.15, 0.2) is 0 Å². The topological polar surface area (TPSA) is 58.2 Å². The zero-order valence-electron chi connectivity index (χ0n) is 11.7. The summed E-state index contributed by atoms with van der Waals surface area (Å²) in [7, 11) is 0. The number of hydrogen-bond acceptors (Lipinski definition) is 2. The molecule has 1 aromatic rings. The molecule has 0 radical (unpaired) electrons. The monoisotopic (exact) mass is 296 g/mol. The van der Waals surface area contributed by atoms with Crippen molar-refractivity contribution in [1.29, 1.82) is 0 Å². The minimum atomic E-state index is -0.270. The maximum atomic E-state index is 11.6. The number of rotatable bonds is 8. The van der Waals surface area contributed by atoms with Crippen LogP contribution in [0.1, 0.15) is 38.2 Å². The number of carbonyl (C=O) groups excluding carboxylic acids is 2. The molecule has 20 heavy (non-hydrogen) atoms. The van der Waals surface area contributed by atoms with E-state index in [0.717, 1.165) is 24.8 Å². The van der Waals surface area contributed by atoms with Crippen molar-refractivity contribution >= 4 is 23.4 Å². The zero-order chi connectivity index (χ0) is 14.8. The molecule has 0 aliphatic carbocycles. The van der Waals surface area contributed by atoms with Crippen LogP contribution in [0.5, 0.6) is 0 Å². The van der Waals surface area contributed by atoms with E-state index in [0.29, 0.717) is 18.1 Å². The molecule has 2 amide bonds. The summed E-state index contributed by atoms with van der Waals surface area (Å²) in [5, 5.41) is 6.10. The van der Waals surface area contributed by atoms with Gasteiger partial charge in [0.2, 0.25) is 11.8 Å². The van der Waals surface area contributed by atoms with Gasteiger partial charge in [-0.2, -0.15) is 0 Å². The number of carbonyl (C=O) groups is 2. The van der Waals surface area contributed by atoms with Gasteiger partial charge < -0.3 is 10.6 Å². The molecule has 0 unspecified atom stereocenters. The van der Waals surface area contributed by atoms with Crippen LogP contribution in [0.15, 0.2) is 24.3 Å². The molecule has 0 aliphatic rings. The second-order valence-electron chi connectivity index (χ2n) is 4.64. The van der Waals surface area contributed by atoms with Crippen LogP contribution in [-0.4, -0.2) is 18.4 Å². The molecule has 2 N–H and O–H groups in total. The van der Waals surface area contributed by atoms with E-state index in [1.807, 2.05) is 12.1 Å². The van der Waals surface area contributed by atoms with Crippen molar-refractivity contribution in [3.63, 3.8) is 0 Å². The summed E-state index contributed by atoms with van der Waals surface area (Å²) in [6.45, 7) is 3.14. The second kappa shape index (κ2) is 9.37. The van der Waals surface area contributed by atoms with Crippen LogP contribution in [0.3, 0.4) is 0 Å². The molecule has 0 saturated heterocycles. The van der Waals surface area contributed by atoms with Crippen LogP contribution in [0.4, 0.5) is 0 Å². The van der Waals surface area contributed by atoms with Gasteiger partial charge in [0, 0.05) is 18.1 Å². The molecule has 0 bridgehead atoms. The molecule has 0 saturated carbocycles. The highest BCUT2D eigenvalue weighted by atomic mass is 35.5. The molecule has 0 fully saturated rings.